The van der Waals surface area contributed by atoms with Crippen LogP contribution < -0.4 is 5.32 Å². The van der Waals surface area contributed by atoms with Crippen LogP contribution in [0.25, 0.3) is 0 Å². The van der Waals surface area contributed by atoms with Gasteiger partial charge >= 0.3 is 0 Å². The Morgan fingerprint density at radius 1 is 1.50 bits per heavy atom. The first-order valence-corrected chi connectivity index (χ1v) is 7.48. The van der Waals surface area contributed by atoms with E-state index in [1.807, 2.05) is 6.26 Å². The standard InChI is InChI=1S/C12H15BrFNS/c1-16-12-10(13)5-9(6-11(12)14)8-3-2-4-15-7-8/h5-6,8,15H,2-4,7H2,1H3. The smallest absolute Gasteiger partial charge is 0.138 e. The van der Waals surface area contributed by atoms with E-state index in [0.717, 1.165) is 29.5 Å². The van der Waals surface area contributed by atoms with Gasteiger partial charge in [0.1, 0.15) is 5.82 Å². The Labute approximate surface area is 108 Å². The number of hydrogen-bond acceptors (Lipinski definition) is 2. The predicted molar refractivity (Wildman–Crippen MR) is 70.7 cm³/mol. The second-order valence-corrected chi connectivity index (χ2v) is 5.73. The van der Waals surface area contributed by atoms with Crippen molar-refractivity contribution in [1.29, 1.82) is 0 Å². The Kier molecular flexibility index (Phi) is 4.27. The van der Waals surface area contributed by atoms with Crippen LogP contribution in [0.3, 0.4) is 0 Å². The van der Waals surface area contributed by atoms with Crippen LogP contribution in [0.2, 0.25) is 0 Å². The second-order valence-electron chi connectivity index (χ2n) is 4.06. The van der Waals surface area contributed by atoms with Gasteiger partial charge in [-0.15, -0.1) is 11.8 Å². The molecule has 1 N–H and O–H groups in total. The molecule has 4 heteroatoms. The fraction of sp³-hybridized carbons (Fsp3) is 0.500. The Bertz CT molecular complexity index is 354. The molecule has 1 fully saturated rings. The van der Waals surface area contributed by atoms with Crippen molar-refractivity contribution < 1.29 is 4.39 Å². The van der Waals surface area contributed by atoms with Crippen molar-refractivity contribution in [2.24, 2.45) is 0 Å². The molecule has 0 bridgehead atoms. The molecule has 0 aliphatic carbocycles. The molecule has 1 atom stereocenters. The van der Waals surface area contributed by atoms with Crippen molar-refractivity contribution in [2.45, 2.75) is 23.7 Å². The summed E-state index contributed by atoms with van der Waals surface area (Å²) in [6, 6.07) is 3.75. The minimum absolute atomic E-state index is 0.109. The van der Waals surface area contributed by atoms with E-state index in [4.69, 9.17) is 0 Å². The van der Waals surface area contributed by atoms with Crippen LogP contribution in [0.5, 0.6) is 0 Å². The molecule has 1 aromatic rings. The van der Waals surface area contributed by atoms with Gasteiger partial charge in [0.25, 0.3) is 0 Å². The van der Waals surface area contributed by atoms with E-state index < -0.39 is 0 Å². The number of nitrogens with one attached hydrogen (secondary N) is 1. The molecule has 1 saturated heterocycles. The van der Waals surface area contributed by atoms with Crippen LogP contribution in [-0.4, -0.2) is 19.3 Å². The zero-order chi connectivity index (χ0) is 11.5. The van der Waals surface area contributed by atoms with Gasteiger partial charge in [0, 0.05) is 11.0 Å². The third-order valence-electron chi connectivity index (χ3n) is 2.99. The summed E-state index contributed by atoms with van der Waals surface area (Å²) in [6.07, 6.45) is 4.22. The van der Waals surface area contributed by atoms with Crippen molar-refractivity contribution in [1.82, 2.24) is 5.32 Å². The topological polar surface area (TPSA) is 12.0 Å². The van der Waals surface area contributed by atoms with Crippen molar-refractivity contribution in [3.05, 3.63) is 28.0 Å². The monoisotopic (exact) mass is 303 g/mol. The second kappa shape index (κ2) is 5.52. The van der Waals surface area contributed by atoms with E-state index in [2.05, 4.69) is 27.3 Å². The highest BCUT2D eigenvalue weighted by Gasteiger charge is 2.18. The fourth-order valence-electron chi connectivity index (χ4n) is 2.15. The molecule has 0 saturated carbocycles. The Hall–Kier alpha value is -0.0600. The fourth-order valence-corrected chi connectivity index (χ4v) is 3.59. The molecule has 1 nitrogen and oxygen atoms in total. The van der Waals surface area contributed by atoms with E-state index in [1.54, 1.807) is 6.07 Å². The van der Waals surface area contributed by atoms with Crippen LogP contribution in [0.4, 0.5) is 4.39 Å². The maximum absolute atomic E-state index is 13.8. The first-order chi connectivity index (χ1) is 7.72. The highest BCUT2D eigenvalue weighted by Crippen LogP contribution is 2.33. The lowest BCUT2D eigenvalue weighted by atomic mass is 9.92. The zero-order valence-corrected chi connectivity index (χ0v) is 11.6. The van der Waals surface area contributed by atoms with Crippen molar-refractivity contribution in [3.8, 4) is 0 Å². The van der Waals surface area contributed by atoms with Crippen LogP contribution in [0, 0.1) is 5.82 Å². The van der Waals surface area contributed by atoms with Crippen LogP contribution in [0.1, 0.15) is 24.3 Å². The van der Waals surface area contributed by atoms with E-state index in [-0.39, 0.29) is 5.82 Å². The quantitative estimate of drug-likeness (QED) is 0.835. The summed E-state index contributed by atoms with van der Waals surface area (Å²) >= 11 is 4.88. The molecule has 1 unspecified atom stereocenters. The number of rotatable bonds is 2. The van der Waals surface area contributed by atoms with Crippen LogP contribution in [-0.2, 0) is 0 Å². The molecule has 0 aromatic heterocycles. The average molecular weight is 304 g/mol. The summed E-state index contributed by atoms with van der Waals surface area (Å²) in [4.78, 5) is 0.701. The van der Waals surface area contributed by atoms with Crippen molar-refractivity contribution in [3.63, 3.8) is 0 Å². The lowest BCUT2D eigenvalue weighted by molar-refractivity contribution is 0.459. The third kappa shape index (κ3) is 2.60. The summed E-state index contributed by atoms with van der Waals surface area (Å²) in [5, 5.41) is 3.36. The number of piperidine rings is 1. The molecule has 0 radical (unpaired) electrons. The van der Waals surface area contributed by atoms with Crippen molar-refractivity contribution >= 4 is 27.7 Å². The Balaban J connectivity index is 2.28. The van der Waals surface area contributed by atoms with Gasteiger partial charge in [-0.1, -0.05) is 0 Å². The summed E-state index contributed by atoms with van der Waals surface area (Å²) < 4.78 is 14.7. The maximum Gasteiger partial charge on any atom is 0.138 e. The largest absolute Gasteiger partial charge is 0.316 e. The molecular weight excluding hydrogens is 289 g/mol. The highest BCUT2D eigenvalue weighted by molar-refractivity contribution is 9.10. The molecule has 2 rings (SSSR count). The summed E-state index contributed by atoms with van der Waals surface area (Å²) in [6.45, 7) is 2.05. The van der Waals surface area contributed by atoms with E-state index in [1.165, 1.54) is 18.2 Å². The highest BCUT2D eigenvalue weighted by atomic mass is 79.9. The molecular formula is C12H15BrFNS. The van der Waals surface area contributed by atoms with E-state index in [0.29, 0.717) is 10.8 Å². The molecule has 0 amide bonds. The lowest BCUT2D eigenvalue weighted by Crippen LogP contribution is -2.28. The van der Waals surface area contributed by atoms with Gasteiger partial charge in [0.15, 0.2) is 0 Å². The zero-order valence-electron chi connectivity index (χ0n) is 9.22. The van der Waals surface area contributed by atoms with E-state index in [9.17, 15) is 4.39 Å². The molecule has 1 aliphatic rings. The number of thioether (sulfide) groups is 1. The van der Waals surface area contributed by atoms with Gasteiger partial charge in [-0.3, -0.25) is 0 Å². The summed E-state index contributed by atoms with van der Waals surface area (Å²) in [5.74, 6) is 0.345. The number of halogens is 2. The third-order valence-corrected chi connectivity index (χ3v) is 4.70. The minimum Gasteiger partial charge on any atom is -0.316 e. The molecule has 1 aromatic carbocycles. The minimum atomic E-state index is -0.109. The predicted octanol–water partition coefficient (Wildman–Crippen LogP) is 3.78. The van der Waals surface area contributed by atoms with E-state index >= 15 is 0 Å². The first kappa shape index (κ1) is 12.4. The molecule has 1 heterocycles. The maximum atomic E-state index is 13.8. The normalized spacial score (nSPS) is 21.1. The van der Waals surface area contributed by atoms with Gasteiger partial charge < -0.3 is 5.32 Å². The number of benzene rings is 1. The number of hydrogen-bond donors (Lipinski definition) is 1. The lowest BCUT2D eigenvalue weighted by Gasteiger charge is -2.23. The molecule has 88 valence electrons. The van der Waals surface area contributed by atoms with Gasteiger partial charge in [-0.25, -0.2) is 4.39 Å². The summed E-state index contributed by atoms with van der Waals surface area (Å²) in [5.41, 5.74) is 1.11. The summed E-state index contributed by atoms with van der Waals surface area (Å²) in [7, 11) is 0. The molecule has 0 spiro atoms. The first-order valence-electron chi connectivity index (χ1n) is 5.46. The average Bonchev–Trinajstić information content (AvgIpc) is 2.30. The van der Waals surface area contributed by atoms with Gasteiger partial charge in [-0.2, -0.15) is 0 Å². The van der Waals surface area contributed by atoms with Gasteiger partial charge in [0.05, 0.1) is 4.90 Å². The van der Waals surface area contributed by atoms with Crippen molar-refractivity contribution in [2.75, 3.05) is 19.3 Å². The Morgan fingerprint density at radius 3 is 2.88 bits per heavy atom. The van der Waals surface area contributed by atoms with Gasteiger partial charge in [-0.05, 0) is 65.2 Å². The molecule has 16 heavy (non-hydrogen) atoms. The van der Waals surface area contributed by atoms with Gasteiger partial charge in [0.2, 0.25) is 0 Å². The molecule has 1 aliphatic heterocycles. The van der Waals surface area contributed by atoms with Crippen LogP contribution >= 0.6 is 27.7 Å². The SMILES string of the molecule is CSc1c(F)cc(C2CCCNC2)cc1Br. The van der Waals surface area contributed by atoms with Crippen LogP contribution in [0.15, 0.2) is 21.5 Å². The Morgan fingerprint density at radius 2 is 2.31 bits per heavy atom.